The third-order valence-corrected chi connectivity index (χ3v) is 3.17. The van der Waals surface area contributed by atoms with Gasteiger partial charge in [-0.2, -0.15) is 5.26 Å². The van der Waals surface area contributed by atoms with Crippen LogP contribution in [-0.2, 0) is 0 Å². The number of nitrogens with zero attached hydrogens (tertiary/aromatic N) is 2. The van der Waals surface area contributed by atoms with Crippen LogP contribution in [0, 0.1) is 11.3 Å². The molecule has 1 saturated carbocycles. The van der Waals surface area contributed by atoms with Crippen LogP contribution in [0.2, 0.25) is 0 Å². The Morgan fingerprint density at radius 3 is 2.73 bits per heavy atom. The third-order valence-electron chi connectivity index (χ3n) is 3.17. The lowest BCUT2D eigenvalue weighted by Gasteiger charge is -2.22. The van der Waals surface area contributed by atoms with Gasteiger partial charge in [0.15, 0.2) is 0 Å². The van der Waals surface area contributed by atoms with Crippen LogP contribution < -0.4 is 5.73 Å². The van der Waals surface area contributed by atoms with Gasteiger partial charge in [-0.3, -0.25) is 0 Å². The average molecular weight is 201 g/mol. The molecule has 1 aromatic heterocycles. The van der Waals surface area contributed by atoms with Gasteiger partial charge in [-0.15, -0.1) is 0 Å². The topological polar surface area (TPSA) is 62.7 Å². The summed E-state index contributed by atoms with van der Waals surface area (Å²) in [5, 5.41) is 9.06. The van der Waals surface area contributed by atoms with Crippen molar-refractivity contribution in [2.45, 2.75) is 38.0 Å². The number of hydrogen-bond donors (Lipinski definition) is 1. The Morgan fingerprint density at radius 1 is 1.33 bits per heavy atom. The maximum absolute atomic E-state index is 9.06. The van der Waals surface area contributed by atoms with Gasteiger partial charge in [-0.1, -0.05) is 19.3 Å². The van der Waals surface area contributed by atoms with E-state index in [1.807, 2.05) is 6.07 Å². The molecular formula is C12H15N3. The van der Waals surface area contributed by atoms with Crippen LogP contribution in [0.25, 0.3) is 0 Å². The Balaban J connectivity index is 2.34. The largest absolute Gasteiger partial charge is 0.383 e. The van der Waals surface area contributed by atoms with Gasteiger partial charge in [0.1, 0.15) is 11.9 Å². The molecule has 2 rings (SSSR count). The van der Waals surface area contributed by atoms with E-state index in [4.69, 9.17) is 11.0 Å². The summed E-state index contributed by atoms with van der Waals surface area (Å²) >= 11 is 0. The Bertz CT molecular complexity index is 386. The first-order chi connectivity index (χ1) is 7.33. The van der Waals surface area contributed by atoms with Crippen molar-refractivity contribution in [3.8, 4) is 6.07 Å². The summed E-state index contributed by atoms with van der Waals surface area (Å²) in [6.45, 7) is 0. The molecular weight excluding hydrogens is 186 g/mol. The lowest BCUT2D eigenvalue weighted by Crippen LogP contribution is -2.08. The smallest absolute Gasteiger partial charge is 0.141 e. The van der Waals surface area contributed by atoms with E-state index in [1.54, 1.807) is 6.20 Å². The van der Waals surface area contributed by atoms with Crippen LogP contribution in [0.3, 0.4) is 0 Å². The van der Waals surface area contributed by atoms with Crippen molar-refractivity contribution in [2.75, 3.05) is 5.73 Å². The Hall–Kier alpha value is -1.56. The minimum absolute atomic E-state index is 0.376. The molecule has 3 nitrogen and oxygen atoms in total. The van der Waals surface area contributed by atoms with Crippen molar-refractivity contribution in [3.05, 3.63) is 23.4 Å². The first-order valence-corrected chi connectivity index (χ1v) is 5.47. The van der Waals surface area contributed by atoms with Crippen molar-refractivity contribution in [3.63, 3.8) is 0 Å². The Morgan fingerprint density at radius 2 is 2.07 bits per heavy atom. The summed E-state index contributed by atoms with van der Waals surface area (Å²) in [5.74, 6) is 0.888. The summed E-state index contributed by atoms with van der Waals surface area (Å²) in [6, 6.07) is 4.12. The SMILES string of the molecule is N#Cc1c(C2CCCCC2)ccnc1N. The second-order valence-electron chi connectivity index (χ2n) is 4.11. The van der Waals surface area contributed by atoms with Gasteiger partial charge >= 0.3 is 0 Å². The zero-order chi connectivity index (χ0) is 10.7. The molecule has 0 atom stereocenters. The fourth-order valence-corrected chi connectivity index (χ4v) is 2.37. The maximum Gasteiger partial charge on any atom is 0.141 e. The molecule has 0 amide bonds. The normalized spacial score (nSPS) is 17.3. The first kappa shape index (κ1) is 9.97. The molecule has 1 aliphatic rings. The van der Waals surface area contributed by atoms with E-state index in [9.17, 15) is 0 Å². The van der Waals surface area contributed by atoms with E-state index in [2.05, 4.69) is 11.1 Å². The van der Waals surface area contributed by atoms with Gasteiger partial charge < -0.3 is 5.73 Å². The van der Waals surface area contributed by atoms with Crippen molar-refractivity contribution in [1.29, 1.82) is 5.26 Å². The quantitative estimate of drug-likeness (QED) is 0.759. The van der Waals surface area contributed by atoms with Gasteiger partial charge in [0.2, 0.25) is 0 Å². The molecule has 2 N–H and O–H groups in total. The Labute approximate surface area is 89.9 Å². The lowest BCUT2D eigenvalue weighted by molar-refractivity contribution is 0.443. The van der Waals surface area contributed by atoms with Gasteiger partial charge in [-0.05, 0) is 30.4 Å². The van der Waals surface area contributed by atoms with Crippen LogP contribution in [0.1, 0.15) is 49.1 Å². The minimum atomic E-state index is 0.376. The summed E-state index contributed by atoms with van der Waals surface area (Å²) in [7, 11) is 0. The molecule has 15 heavy (non-hydrogen) atoms. The van der Waals surface area contributed by atoms with Crippen molar-refractivity contribution in [1.82, 2.24) is 4.98 Å². The number of aromatic nitrogens is 1. The van der Waals surface area contributed by atoms with Crippen molar-refractivity contribution >= 4 is 5.82 Å². The molecule has 0 spiro atoms. The molecule has 1 fully saturated rings. The first-order valence-electron chi connectivity index (χ1n) is 5.47. The van der Waals surface area contributed by atoms with E-state index in [-0.39, 0.29) is 0 Å². The molecule has 0 aliphatic heterocycles. The predicted octanol–water partition coefficient (Wildman–Crippen LogP) is 2.58. The molecule has 0 radical (unpaired) electrons. The summed E-state index contributed by atoms with van der Waals surface area (Å²) < 4.78 is 0. The van der Waals surface area contributed by atoms with Crippen molar-refractivity contribution in [2.24, 2.45) is 0 Å². The minimum Gasteiger partial charge on any atom is -0.383 e. The summed E-state index contributed by atoms with van der Waals surface area (Å²) in [4.78, 5) is 3.96. The highest BCUT2D eigenvalue weighted by Crippen LogP contribution is 2.34. The Kier molecular flexibility index (Phi) is 2.86. The van der Waals surface area contributed by atoms with Gasteiger partial charge in [0.25, 0.3) is 0 Å². The maximum atomic E-state index is 9.06. The van der Waals surface area contributed by atoms with E-state index < -0.39 is 0 Å². The van der Waals surface area contributed by atoms with E-state index in [0.29, 0.717) is 17.3 Å². The highest BCUT2D eigenvalue weighted by Gasteiger charge is 2.19. The molecule has 0 unspecified atom stereocenters. The molecule has 3 heteroatoms. The van der Waals surface area contributed by atoms with Gasteiger partial charge in [0.05, 0.1) is 5.56 Å². The predicted molar refractivity (Wildman–Crippen MR) is 59.2 cm³/mol. The number of nitrogens with two attached hydrogens (primary N) is 1. The van der Waals surface area contributed by atoms with Crippen LogP contribution >= 0.6 is 0 Å². The number of rotatable bonds is 1. The highest BCUT2D eigenvalue weighted by molar-refractivity contribution is 5.53. The van der Waals surface area contributed by atoms with E-state index >= 15 is 0 Å². The number of nitrogen functional groups attached to an aromatic ring is 1. The molecule has 1 aromatic rings. The monoisotopic (exact) mass is 201 g/mol. The summed E-state index contributed by atoms with van der Waals surface area (Å²) in [6.07, 6.45) is 7.91. The number of hydrogen-bond acceptors (Lipinski definition) is 3. The van der Waals surface area contributed by atoms with Crippen LogP contribution in [0.15, 0.2) is 12.3 Å². The van der Waals surface area contributed by atoms with E-state index in [0.717, 1.165) is 5.56 Å². The zero-order valence-corrected chi connectivity index (χ0v) is 8.74. The van der Waals surface area contributed by atoms with Crippen molar-refractivity contribution < 1.29 is 0 Å². The number of pyridine rings is 1. The highest BCUT2D eigenvalue weighted by atomic mass is 14.8. The van der Waals surface area contributed by atoms with Gasteiger partial charge in [0, 0.05) is 6.20 Å². The number of anilines is 1. The molecule has 1 aliphatic carbocycles. The fraction of sp³-hybridized carbons (Fsp3) is 0.500. The fourth-order valence-electron chi connectivity index (χ4n) is 2.37. The molecule has 1 heterocycles. The molecule has 0 aromatic carbocycles. The molecule has 0 saturated heterocycles. The summed E-state index contributed by atoms with van der Waals surface area (Å²) in [5.41, 5.74) is 7.39. The lowest BCUT2D eigenvalue weighted by atomic mass is 9.82. The third kappa shape index (κ3) is 1.94. The van der Waals surface area contributed by atoms with Gasteiger partial charge in [-0.25, -0.2) is 4.98 Å². The molecule has 0 bridgehead atoms. The standard InChI is InChI=1S/C12H15N3/c13-8-11-10(6-7-15-12(11)14)9-4-2-1-3-5-9/h6-7,9H,1-5H2,(H2,14,15). The zero-order valence-electron chi connectivity index (χ0n) is 8.74. The number of nitriles is 1. The molecule has 78 valence electrons. The van der Waals surface area contributed by atoms with Crippen LogP contribution in [0.5, 0.6) is 0 Å². The second-order valence-corrected chi connectivity index (χ2v) is 4.11. The second kappa shape index (κ2) is 4.31. The average Bonchev–Trinajstić information content (AvgIpc) is 2.30. The van der Waals surface area contributed by atoms with Crippen LogP contribution in [0.4, 0.5) is 5.82 Å². The van der Waals surface area contributed by atoms with E-state index in [1.165, 1.54) is 32.1 Å². The van der Waals surface area contributed by atoms with Crippen LogP contribution in [-0.4, -0.2) is 4.98 Å².